The molecule has 1 amide bonds. The highest BCUT2D eigenvalue weighted by molar-refractivity contribution is 7.84. The number of aryl methyl sites for hydroxylation is 2. The van der Waals surface area contributed by atoms with Gasteiger partial charge in [-0.15, -0.1) is 0 Å². The number of rotatable bonds is 9. The van der Waals surface area contributed by atoms with Gasteiger partial charge in [0.15, 0.2) is 0 Å². The SMILES string of the molecule is CCOc1ccccc1CNC(=O)c1ccc(-c2nc(C[S@@](=O)c3ccc(C)cc3)c(C)o2)cc1. The molecule has 0 aliphatic heterocycles. The summed E-state index contributed by atoms with van der Waals surface area (Å²) in [5, 5.41) is 2.94. The van der Waals surface area contributed by atoms with Gasteiger partial charge in [-0.3, -0.25) is 9.00 Å². The van der Waals surface area contributed by atoms with Gasteiger partial charge in [0.2, 0.25) is 5.89 Å². The molecule has 0 aliphatic rings. The Morgan fingerprint density at radius 1 is 1.00 bits per heavy atom. The molecule has 1 atom stereocenters. The van der Waals surface area contributed by atoms with Gasteiger partial charge in [-0.1, -0.05) is 35.9 Å². The number of ether oxygens (including phenoxy) is 1. The third-order valence-corrected chi connectivity index (χ3v) is 6.88. The Balaban J connectivity index is 1.41. The summed E-state index contributed by atoms with van der Waals surface area (Å²) in [6.45, 7) is 6.68. The molecule has 0 saturated heterocycles. The van der Waals surface area contributed by atoms with E-state index in [2.05, 4.69) is 10.3 Å². The first kappa shape index (κ1) is 24.4. The minimum atomic E-state index is -1.21. The van der Waals surface area contributed by atoms with Crippen LogP contribution in [0.2, 0.25) is 0 Å². The first-order valence-corrected chi connectivity index (χ1v) is 12.8. The van der Waals surface area contributed by atoms with E-state index in [0.29, 0.717) is 36.1 Å². The highest BCUT2D eigenvalue weighted by Gasteiger charge is 2.16. The van der Waals surface area contributed by atoms with E-state index >= 15 is 0 Å². The Kier molecular flexibility index (Phi) is 7.77. The van der Waals surface area contributed by atoms with E-state index in [-0.39, 0.29) is 11.7 Å². The Labute approximate surface area is 207 Å². The highest BCUT2D eigenvalue weighted by atomic mass is 32.2. The summed E-state index contributed by atoms with van der Waals surface area (Å²) in [4.78, 5) is 18.0. The van der Waals surface area contributed by atoms with Crippen molar-refractivity contribution in [3.63, 3.8) is 0 Å². The first-order valence-electron chi connectivity index (χ1n) is 11.4. The molecular weight excluding hydrogens is 460 g/mol. The summed E-state index contributed by atoms with van der Waals surface area (Å²) >= 11 is 0. The molecule has 6 nitrogen and oxygen atoms in total. The average molecular weight is 489 g/mol. The molecule has 4 rings (SSSR count). The van der Waals surface area contributed by atoms with Crippen LogP contribution in [0.25, 0.3) is 11.5 Å². The summed E-state index contributed by atoms with van der Waals surface area (Å²) in [5.74, 6) is 1.94. The van der Waals surface area contributed by atoms with Gasteiger partial charge in [-0.25, -0.2) is 4.98 Å². The molecule has 7 heteroatoms. The van der Waals surface area contributed by atoms with Crippen LogP contribution >= 0.6 is 0 Å². The van der Waals surface area contributed by atoms with Crippen molar-refractivity contribution in [1.82, 2.24) is 10.3 Å². The fraction of sp³-hybridized carbons (Fsp3) is 0.214. The zero-order valence-electron chi connectivity index (χ0n) is 20.0. The van der Waals surface area contributed by atoms with Crippen molar-refractivity contribution in [2.75, 3.05) is 6.61 Å². The zero-order chi connectivity index (χ0) is 24.8. The van der Waals surface area contributed by atoms with Gasteiger partial charge in [-0.2, -0.15) is 0 Å². The largest absolute Gasteiger partial charge is 0.494 e. The van der Waals surface area contributed by atoms with Crippen LogP contribution in [0, 0.1) is 13.8 Å². The third-order valence-electron chi connectivity index (χ3n) is 5.55. The predicted octanol–water partition coefficient (Wildman–Crippen LogP) is 5.59. The molecular formula is C28H28N2O4S. The van der Waals surface area contributed by atoms with Crippen LogP contribution in [0.15, 0.2) is 82.1 Å². The smallest absolute Gasteiger partial charge is 0.251 e. The molecule has 1 aromatic heterocycles. The maximum absolute atomic E-state index is 12.7. The van der Waals surface area contributed by atoms with E-state index < -0.39 is 10.8 Å². The zero-order valence-corrected chi connectivity index (χ0v) is 20.9. The molecule has 35 heavy (non-hydrogen) atoms. The Bertz CT molecular complexity index is 1330. The van der Waals surface area contributed by atoms with Crippen molar-refractivity contribution in [3.8, 4) is 17.2 Å². The molecule has 0 aliphatic carbocycles. The van der Waals surface area contributed by atoms with Crippen molar-refractivity contribution in [2.24, 2.45) is 0 Å². The number of nitrogens with zero attached hydrogens (tertiary/aromatic N) is 1. The van der Waals surface area contributed by atoms with E-state index in [4.69, 9.17) is 9.15 Å². The van der Waals surface area contributed by atoms with Crippen LogP contribution in [-0.2, 0) is 23.1 Å². The maximum atomic E-state index is 12.7. The molecule has 0 radical (unpaired) electrons. The second-order valence-corrected chi connectivity index (χ2v) is 9.58. The van der Waals surface area contributed by atoms with Crippen LogP contribution < -0.4 is 10.1 Å². The van der Waals surface area contributed by atoms with Crippen LogP contribution in [0.4, 0.5) is 0 Å². The van der Waals surface area contributed by atoms with Gasteiger partial charge in [0.05, 0.1) is 28.9 Å². The summed E-state index contributed by atoms with van der Waals surface area (Å²) in [6.07, 6.45) is 0. The fourth-order valence-electron chi connectivity index (χ4n) is 3.57. The number of para-hydroxylation sites is 1. The highest BCUT2D eigenvalue weighted by Crippen LogP contribution is 2.24. The number of hydrogen-bond donors (Lipinski definition) is 1. The Morgan fingerprint density at radius 2 is 1.71 bits per heavy atom. The predicted molar refractivity (Wildman–Crippen MR) is 137 cm³/mol. The number of nitrogens with one attached hydrogen (secondary N) is 1. The summed E-state index contributed by atoms with van der Waals surface area (Å²) in [7, 11) is -1.21. The average Bonchev–Trinajstić information content (AvgIpc) is 3.24. The second-order valence-electron chi connectivity index (χ2n) is 8.13. The topological polar surface area (TPSA) is 81.4 Å². The monoisotopic (exact) mass is 488 g/mol. The molecule has 1 heterocycles. The van der Waals surface area contributed by atoms with Gasteiger partial charge in [0.25, 0.3) is 5.91 Å². The molecule has 180 valence electrons. The number of benzene rings is 3. The molecule has 0 unspecified atom stereocenters. The lowest BCUT2D eigenvalue weighted by molar-refractivity contribution is 0.0950. The summed E-state index contributed by atoms with van der Waals surface area (Å²) < 4.78 is 24.2. The van der Waals surface area contributed by atoms with Crippen LogP contribution in [-0.4, -0.2) is 21.7 Å². The third kappa shape index (κ3) is 6.05. The summed E-state index contributed by atoms with van der Waals surface area (Å²) in [5.41, 5.74) is 3.99. The van der Waals surface area contributed by atoms with E-state index in [1.807, 2.05) is 69.3 Å². The number of carbonyl (C=O) groups excluding carboxylic acids is 1. The minimum Gasteiger partial charge on any atom is -0.494 e. The van der Waals surface area contributed by atoms with Gasteiger partial charge in [0, 0.05) is 28.1 Å². The molecule has 1 N–H and O–H groups in total. The van der Waals surface area contributed by atoms with Crippen molar-refractivity contribution in [2.45, 2.75) is 38.0 Å². The lowest BCUT2D eigenvalue weighted by Gasteiger charge is -2.11. The van der Waals surface area contributed by atoms with Gasteiger partial charge >= 0.3 is 0 Å². The molecule has 0 spiro atoms. The molecule has 0 bridgehead atoms. The van der Waals surface area contributed by atoms with Gasteiger partial charge < -0.3 is 14.5 Å². The van der Waals surface area contributed by atoms with Crippen molar-refractivity contribution < 1.29 is 18.2 Å². The van der Waals surface area contributed by atoms with Crippen molar-refractivity contribution in [3.05, 3.63) is 101 Å². The van der Waals surface area contributed by atoms with Crippen LogP contribution in [0.1, 0.15) is 39.9 Å². The summed E-state index contributed by atoms with van der Waals surface area (Å²) in [6, 6.07) is 22.4. The molecule has 0 saturated carbocycles. The lowest BCUT2D eigenvalue weighted by atomic mass is 10.1. The first-order chi connectivity index (χ1) is 16.9. The molecule has 0 fully saturated rings. The Hall–Kier alpha value is -3.71. The number of amides is 1. The lowest BCUT2D eigenvalue weighted by Crippen LogP contribution is -2.23. The Morgan fingerprint density at radius 3 is 2.43 bits per heavy atom. The standard InChI is InChI=1S/C28H28N2O4S/c1-4-33-26-8-6-5-7-23(26)17-29-27(31)21-11-13-22(14-12-21)28-30-25(20(3)34-28)18-35(32)24-15-9-19(2)10-16-24/h5-16H,4,17-18H2,1-3H3,(H,29,31)/t35-/m1/s1. The van der Waals surface area contributed by atoms with E-state index in [0.717, 1.165) is 27.3 Å². The number of oxazole rings is 1. The second kappa shape index (κ2) is 11.1. The van der Waals surface area contributed by atoms with Crippen LogP contribution in [0.3, 0.4) is 0 Å². The van der Waals surface area contributed by atoms with E-state index in [1.54, 1.807) is 24.3 Å². The maximum Gasteiger partial charge on any atom is 0.251 e. The van der Waals surface area contributed by atoms with Crippen molar-refractivity contribution >= 4 is 16.7 Å². The number of aromatic nitrogens is 1. The van der Waals surface area contributed by atoms with Gasteiger partial charge in [0.1, 0.15) is 11.5 Å². The van der Waals surface area contributed by atoms with Crippen LogP contribution in [0.5, 0.6) is 5.75 Å². The minimum absolute atomic E-state index is 0.180. The number of hydrogen-bond acceptors (Lipinski definition) is 5. The van der Waals surface area contributed by atoms with E-state index in [1.165, 1.54) is 0 Å². The van der Waals surface area contributed by atoms with Gasteiger partial charge in [-0.05, 0) is 63.2 Å². The van der Waals surface area contributed by atoms with Crippen molar-refractivity contribution in [1.29, 1.82) is 0 Å². The molecule has 3 aromatic carbocycles. The fourth-order valence-corrected chi connectivity index (χ4v) is 4.69. The molecule has 4 aromatic rings. The van der Waals surface area contributed by atoms with E-state index in [9.17, 15) is 9.00 Å². The normalized spacial score (nSPS) is 11.7. The number of carbonyl (C=O) groups is 1. The quantitative estimate of drug-likeness (QED) is 0.332.